The van der Waals surface area contributed by atoms with E-state index in [9.17, 15) is 4.79 Å². The van der Waals surface area contributed by atoms with E-state index in [1.165, 1.54) is 11.3 Å². The molecule has 1 N–H and O–H groups in total. The van der Waals surface area contributed by atoms with Gasteiger partial charge < -0.3 is 5.32 Å². The summed E-state index contributed by atoms with van der Waals surface area (Å²) in [6.45, 7) is 1.96. The Hall–Kier alpha value is -1.56. The highest BCUT2D eigenvalue weighted by atomic mass is 35.5. The van der Waals surface area contributed by atoms with E-state index >= 15 is 0 Å². The lowest BCUT2D eigenvalue weighted by atomic mass is 10.3. The summed E-state index contributed by atoms with van der Waals surface area (Å²) >= 11 is 13.4. The summed E-state index contributed by atoms with van der Waals surface area (Å²) in [7, 11) is 0. The molecule has 0 spiro atoms. The zero-order valence-electron chi connectivity index (χ0n) is 10.4. The van der Waals surface area contributed by atoms with Crippen molar-refractivity contribution in [3.63, 3.8) is 0 Å². The van der Waals surface area contributed by atoms with E-state index in [-0.39, 0.29) is 5.91 Å². The second-order valence-corrected chi connectivity index (χ2v) is 5.83. The molecule has 2 aromatic heterocycles. The van der Waals surface area contributed by atoms with Crippen LogP contribution in [0.1, 0.15) is 16.2 Å². The minimum atomic E-state index is -0.315. The fraction of sp³-hybridized carbons (Fsp3) is 0.0769. The smallest absolute Gasteiger partial charge is 0.275 e. The minimum absolute atomic E-state index is 0.315. The number of imidazole rings is 1. The monoisotopic (exact) mass is 325 g/mol. The van der Waals surface area contributed by atoms with Crippen LogP contribution in [0.4, 0.5) is 5.69 Å². The van der Waals surface area contributed by atoms with Crippen LogP contribution in [0, 0.1) is 6.92 Å². The van der Waals surface area contributed by atoms with Crippen molar-refractivity contribution in [2.75, 3.05) is 5.32 Å². The van der Waals surface area contributed by atoms with Crippen molar-refractivity contribution >= 4 is 51.1 Å². The predicted octanol–water partition coefficient (Wildman–Crippen LogP) is 4.26. The zero-order chi connectivity index (χ0) is 14.3. The average Bonchev–Trinajstić information content (AvgIpc) is 2.98. The number of fused-ring (bicyclic) bond motifs is 1. The molecule has 0 saturated heterocycles. The molecule has 1 aromatic carbocycles. The van der Waals surface area contributed by atoms with Gasteiger partial charge in [0.05, 0.1) is 15.7 Å². The Morgan fingerprint density at radius 1 is 1.40 bits per heavy atom. The third kappa shape index (κ3) is 2.28. The van der Waals surface area contributed by atoms with Gasteiger partial charge in [0.1, 0.15) is 5.69 Å². The van der Waals surface area contributed by atoms with Crippen molar-refractivity contribution in [3.8, 4) is 0 Å². The largest absolute Gasteiger partial charge is 0.319 e. The minimum Gasteiger partial charge on any atom is -0.319 e. The van der Waals surface area contributed by atoms with Crippen molar-refractivity contribution in [1.29, 1.82) is 0 Å². The van der Waals surface area contributed by atoms with E-state index in [1.807, 2.05) is 16.7 Å². The Kier molecular flexibility index (Phi) is 3.41. The molecule has 2 heterocycles. The van der Waals surface area contributed by atoms with Crippen LogP contribution in [0.2, 0.25) is 10.0 Å². The van der Waals surface area contributed by atoms with Gasteiger partial charge in [0, 0.05) is 17.3 Å². The first-order valence-corrected chi connectivity index (χ1v) is 7.38. The Balaban J connectivity index is 1.90. The number of carbonyl (C=O) groups is 1. The lowest BCUT2D eigenvalue weighted by Crippen LogP contribution is -2.12. The number of nitrogens with zero attached hydrogens (tertiary/aromatic N) is 2. The summed E-state index contributed by atoms with van der Waals surface area (Å²) in [6, 6.07) is 5.07. The number of amides is 1. The first-order chi connectivity index (χ1) is 9.56. The number of hydrogen-bond acceptors (Lipinski definition) is 3. The molecule has 0 unspecified atom stereocenters. The van der Waals surface area contributed by atoms with Gasteiger partial charge in [-0.25, -0.2) is 4.98 Å². The summed E-state index contributed by atoms with van der Waals surface area (Å²) < 4.78 is 1.87. The fourth-order valence-corrected chi connectivity index (χ4v) is 2.99. The summed E-state index contributed by atoms with van der Waals surface area (Å²) in [5, 5.41) is 5.41. The lowest BCUT2D eigenvalue weighted by Gasteiger charge is -2.06. The van der Waals surface area contributed by atoms with Gasteiger partial charge in [-0.15, -0.1) is 11.3 Å². The number of carbonyl (C=O) groups excluding carboxylic acids is 1. The molecule has 3 aromatic rings. The van der Waals surface area contributed by atoms with Crippen LogP contribution in [-0.4, -0.2) is 15.3 Å². The van der Waals surface area contributed by atoms with Crippen molar-refractivity contribution in [1.82, 2.24) is 9.38 Å². The van der Waals surface area contributed by atoms with Crippen LogP contribution >= 0.6 is 34.5 Å². The number of aryl methyl sites for hydroxylation is 1. The first-order valence-electron chi connectivity index (χ1n) is 5.75. The van der Waals surface area contributed by atoms with E-state index in [2.05, 4.69) is 10.3 Å². The van der Waals surface area contributed by atoms with Gasteiger partial charge in [0.2, 0.25) is 0 Å². The van der Waals surface area contributed by atoms with Crippen LogP contribution in [0.3, 0.4) is 0 Å². The molecule has 0 bridgehead atoms. The molecule has 102 valence electrons. The summed E-state index contributed by atoms with van der Waals surface area (Å²) in [5.41, 5.74) is 1.85. The predicted molar refractivity (Wildman–Crippen MR) is 82.2 cm³/mol. The van der Waals surface area contributed by atoms with Crippen molar-refractivity contribution in [2.24, 2.45) is 0 Å². The molecule has 1 amide bonds. The molecule has 0 aliphatic rings. The number of thiazole rings is 1. The van der Waals surface area contributed by atoms with E-state index in [0.717, 1.165) is 10.7 Å². The van der Waals surface area contributed by atoms with Gasteiger partial charge in [0.15, 0.2) is 4.96 Å². The SMILES string of the molecule is Cc1csc2nc(C(=O)Nc3cccc(Cl)c3Cl)cn12. The second kappa shape index (κ2) is 5.09. The third-order valence-corrected chi connectivity index (χ3v) is 4.60. The van der Waals surface area contributed by atoms with Crippen molar-refractivity contribution in [3.05, 3.63) is 51.2 Å². The van der Waals surface area contributed by atoms with E-state index in [4.69, 9.17) is 23.2 Å². The molecule has 0 radical (unpaired) electrons. The lowest BCUT2D eigenvalue weighted by molar-refractivity contribution is 0.102. The van der Waals surface area contributed by atoms with E-state index in [1.54, 1.807) is 24.4 Å². The zero-order valence-corrected chi connectivity index (χ0v) is 12.7. The molecular formula is C13H9Cl2N3OS. The number of halogens is 2. The molecule has 4 nitrogen and oxygen atoms in total. The standard InChI is InChI=1S/C13H9Cl2N3OS/c1-7-6-20-13-17-10(5-18(7)13)12(19)16-9-4-2-3-8(14)11(9)15/h2-6H,1H3,(H,16,19). The molecule has 0 saturated carbocycles. The van der Waals surface area contributed by atoms with Crippen LogP contribution in [0.5, 0.6) is 0 Å². The normalized spacial score (nSPS) is 10.9. The number of anilines is 1. The molecule has 0 aliphatic carbocycles. The van der Waals surface area contributed by atoms with Crippen LogP contribution in [-0.2, 0) is 0 Å². The number of rotatable bonds is 2. The van der Waals surface area contributed by atoms with E-state index < -0.39 is 0 Å². The third-order valence-electron chi connectivity index (χ3n) is 2.82. The van der Waals surface area contributed by atoms with Gasteiger partial charge in [-0.3, -0.25) is 9.20 Å². The molecule has 20 heavy (non-hydrogen) atoms. The number of benzene rings is 1. The highest BCUT2D eigenvalue weighted by Crippen LogP contribution is 2.29. The number of nitrogens with one attached hydrogen (secondary N) is 1. The molecule has 0 atom stereocenters. The quantitative estimate of drug-likeness (QED) is 0.765. The summed E-state index contributed by atoms with van der Waals surface area (Å²) in [5.74, 6) is -0.315. The number of aromatic nitrogens is 2. The molecule has 0 aliphatic heterocycles. The Morgan fingerprint density at radius 2 is 2.20 bits per heavy atom. The maximum absolute atomic E-state index is 12.2. The van der Waals surface area contributed by atoms with Gasteiger partial charge in [-0.1, -0.05) is 29.3 Å². The maximum Gasteiger partial charge on any atom is 0.275 e. The Bertz CT molecular complexity index is 809. The highest BCUT2D eigenvalue weighted by molar-refractivity contribution is 7.15. The average molecular weight is 326 g/mol. The molecule has 0 fully saturated rings. The number of hydrogen-bond donors (Lipinski definition) is 1. The van der Waals surface area contributed by atoms with E-state index in [0.29, 0.717) is 21.4 Å². The van der Waals surface area contributed by atoms with Gasteiger partial charge in [-0.05, 0) is 19.1 Å². The van der Waals surface area contributed by atoms with Crippen LogP contribution in [0.15, 0.2) is 29.8 Å². The van der Waals surface area contributed by atoms with Gasteiger partial charge in [-0.2, -0.15) is 0 Å². The van der Waals surface area contributed by atoms with Gasteiger partial charge in [0.25, 0.3) is 5.91 Å². The van der Waals surface area contributed by atoms with Gasteiger partial charge >= 0.3 is 0 Å². The summed E-state index contributed by atoms with van der Waals surface area (Å²) in [4.78, 5) is 17.2. The Morgan fingerprint density at radius 3 is 2.95 bits per heavy atom. The van der Waals surface area contributed by atoms with Crippen LogP contribution < -0.4 is 5.32 Å². The summed E-state index contributed by atoms with van der Waals surface area (Å²) in [6.07, 6.45) is 1.70. The second-order valence-electron chi connectivity index (χ2n) is 4.21. The molecule has 3 rings (SSSR count). The van der Waals surface area contributed by atoms with Crippen molar-refractivity contribution < 1.29 is 4.79 Å². The van der Waals surface area contributed by atoms with Crippen molar-refractivity contribution in [2.45, 2.75) is 6.92 Å². The molecular weight excluding hydrogens is 317 g/mol. The Labute approximate surface area is 129 Å². The van der Waals surface area contributed by atoms with Crippen LogP contribution in [0.25, 0.3) is 4.96 Å². The topological polar surface area (TPSA) is 46.4 Å². The fourth-order valence-electron chi connectivity index (χ4n) is 1.79. The molecule has 7 heteroatoms. The maximum atomic E-state index is 12.2. The first kappa shape index (κ1) is 13.4. The highest BCUT2D eigenvalue weighted by Gasteiger charge is 2.14.